The Hall–Kier alpha value is 0.120. The van der Waals surface area contributed by atoms with Crippen LogP contribution in [0.25, 0.3) is 0 Å². The molecule has 0 saturated carbocycles. The van der Waals surface area contributed by atoms with Gasteiger partial charge in [0.1, 0.15) is 13.1 Å². The SMILES string of the molecule is Cc1cc(Br)c(N2C=[N+](c3c(Br)cc(C)cc3Br)CC2)c(Br)c1.[Cl-]. The minimum absolute atomic E-state index is 0. The van der Waals surface area contributed by atoms with E-state index in [0.29, 0.717) is 0 Å². The van der Waals surface area contributed by atoms with Gasteiger partial charge in [-0.2, -0.15) is 0 Å². The molecule has 0 N–H and O–H groups in total. The largest absolute Gasteiger partial charge is 1.00 e. The van der Waals surface area contributed by atoms with Crippen molar-refractivity contribution in [2.24, 2.45) is 0 Å². The molecule has 0 fully saturated rings. The third-order valence-corrected chi connectivity index (χ3v) is 6.18. The number of benzene rings is 2. The highest BCUT2D eigenvalue weighted by atomic mass is 79.9. The van der Waals surface area contributed by atoms with Gasteiger partial charge >= 0.3 is 0 Å². The maximum absolute atomic E-state index is 3.69. The molecule has 3 rings (SSSR count). The number of aryl methyl sites for hydroxylation is 2. The second-order valence-corrected chi connectivity index (χ2v) is 9.07. The first-order valence-electron chi connectivity index (χ1n) is 7.16. The number of hydrogen-bond donors (Lipinski definition) is 0. The zero-order valence-electron chi connectivity index (χ0n) is 13.1. The summed E-state index contributed by atoms with van der Waals surface area (Å²) < 4.78 is 6.68. The second kappa shape index (κ2) is 8.21. The van der Waals surface area contributed by atoms with E-state index >= 15 is 0 Å². The van der Waals surface area contributed by atoms with Gasteiger partial charge in [-0.25, -0.2) is 9.48 Å². The molecule has 0 unspecified atom stereocenters. The molecule has 0 saturated heterocycles. The topological polar surface area (TPSA) is 6.25 Å². The van der Waals surface area contributed by atoms with Crippen LogP contribution in [-0.4, -0.2) is 24.0 Å². The quantitative estimate of drug-likeness (QED) is 0.477. The van der Waals surface area contributed by atoms with Crippen LogP contribution in [0.2, 0.25) is 0 Å². The molecule has 0 aliphatic carbocycles. The maximum atomic E-state index is 3.69. The van der Waals surface area contributed by atoms with E-state index in [1.54, 1.807) is 0 Å². The van der Waals surface area contributed by atoms with Gasteiger partial charge in [0, 0.05) is 0 Å². The van der Waals surface area contributed by atoms with E-state index in [2.05, 4.69) is 118 Å². The predicted molar refractivity (Wildman–Crippen MR) is 111 cm³/mol. The number of anilines is 1. The maximum Gasteiger partial charge on any atom is 0.244 e. The summed E-state index contributed by atoms with van der Waals surface area (Å²) in [5.74, 6) is 0. The average molecular weight is 602 g/mol. The molecule has 0 bridgehead atoms. The molecule has 1 heterocycles. The Bertz CT molecular complexity index is 774. The fraction of sp³-hybridized carbons (Fsp3) is 0.235. The van der Waals surface area contributed by atoms with Crippen LogP contribution < -0.4 is 17.3 Å². The molecule has 128 valence electrons. The number of rotatable bonds is 2. The first kappa shape index (κ1) is 20.4. The number of nitrogens with zero attached hydrogens (tertiary/aromatic N) is 2. The van der Waals surface area contributed by atoms with Gasteiger partial charge in [-0.05, 0) is 113 Å². The molecular weight excluding hydrogens is 587 g/mol. The Morgan fingerprint density at radius 3 is 1.79 bits per heavy atom. The highest BCUT2D eigenvalue weighted by Gasteiger charge is 2.28. The van der Waals surface area contributed by atoms with Crippen molar-refractivity contribution >= 4 is 81.4 Å². The molecule has 0 aromatic heterocycles. The molecule has 24 heavy (non-hydrogen) atoms. The normalized spacial score (nSPS) is 13.8. The Kier molecular flexibility index (Phi) is 6.99. The van der Waals surface area contributed by atoms with Gasteiger partial charge in [0.05, 0.1) is 17.9 Å². The highest BCUT2D eigenvalue weighted by molar-refractivity contribution is 9.11. The Labute approximate surface area is 182 Å². The fourth-order valence-corrected chi connectivity index (χ4v) is 6.51. The van der Waals surface area contributed by atoms with E-state index in [4.69, 9.17) is 0 Å². The van der Waals surface area contributed by atoms with Crippen LogP contribution in [0.3, 0.4) is 0 Å². The van der Waals surface area contributed by atoms with Crippen molar-refractivity contribution in [2.75, 3.05) is 18.0 Å². The summed E-state index contributed by atoms with van der Waals surface area (Å²) in [6.45, 7) is 6.07. The molecule has 0 amide bonds. The highest BCUT2D eigenvalue weighted by Crippen LogP contribution is 2.38. The van der Waals surface area contributed by atoms with E-state index in [1.807, 2.05) is 0 Å². The van der Waals surface area contributed by atoms with Crippen LogP contribution >= 0.6 is 63.7 Å². The van der Waals surface area contributed by atoms with Crippen molar-refractivity contribution in [1.29, 1.82) is 0 Å². The van der Waals surface area contributed by atoms with Gasteiger partial charge in [-0.15, -0.1) is 0 Å². The summed E-state index contributed by atoms with van der Waals surface area (Å²) in [5, 5.41) is 0. The fourth-order valence-electron chi connectivity index (χ4n) is 2.77. The van der Waals surface area contributed by atoms with E-state index in [0.717, 1.165) is 42.4 Å². The third-order valence-electron chi connectivity index (χ3n) is 3.76. The lowest BCUT2D eigenvalue weighted by Gasteiger charge is -2.11. The van der Waals surface area contributed by atoms with Gasteiger partial charge < -0.3 is 12.4 Å². The van der Waals surface area contributed by atoms with Crippen LogP contribution in [0.4, 0.5) is 11.4 Å². The van der Waals surface area contributed by atoms with Crippen molar-refractivity contribution < 1.29 is 17.0 Å². The minimum Gasteiger partial charge on any atom is -1.00 e. The zero-order chi connectivity index (χ0) is 16.7. The van der Waals surface area contributed by atoms with Gasteiger partial charge in [-0.1, -0.05) is 0 Å². The summed E-state index contributed by atoms with van der Waals surface area (Å²) in [6, 6.07) is 8.59. The lowest BCUT2D eigenvalue weighted by atomic mass is 10.2. The Morgan fingerprint density at radius 2 is 1.29 bits per heavy atom. The van der Waals surface area contributed by atoms with Crippen molar-refractivity contribution in [3.63, 3.8) is 0 Å². The van der Waals surface area contributed by atoms with Crippen LogP contribution in [0.5, 0.6) is 0 Å². The molecular formula is C17H15Br4ClN2. The lowest BCUT2D eigenvalue weighted by molar-refractivity contribution is -0.425. The summed E-state index contributed by atoms with van der Waals surface area (Å²) in [5.41, 5.74) is 4.79. The summed E-state index contributed by atoms with van der Waals surface area (Å²) in [4.78, 5) is 2.27. The third kappa shape index (κ3) is 4.09. The predicted octanol–water partition coefficient (Wildman–Crippen LogP) is 3.55. The van der Waals surface area contributed by atoms with Crippen molar-refractivity contribution in [3.8, 4) is 0 Å². The second-order valence-electron chi connectivity index (χ2n) is 5.66. The van der Waals surface area contributed by atoms with E-state index in [1.165, 1.54) is 11.1 Å². The van der Waals surface area contributed by atoms with Gasteiger partial charge in [0.2, 0.25) is 6.34 Å². The first-order valence-corrected chi connectivity index (χ1v) is 10.3. The minimum atomic E-state index is 0. The van der Waals surface area contributed by atoms with E-state index in [9.17, 15) is 0 Å². The number of halogens is 5. The smallest absolute Gasteiger partial charge is 0.244 e. The molecule has 2 aromatic rings. The molecule has 0 spiro atoms. The van der Waals surface area contributed by atoms with Crippen molar-refractivity contribution in [1.82, 2.24) is 0 Å². The van der Waals surface area contributed by atoms with Crippen LogP contribution in [0.15, 0.2) is 42.2 Å². The van der Waals surface area contributed by atoms with Gasteiger partial charge in [-0.3, -0.25) is 0 Å². The standard InChI is InChI=1S/C17H15Br4N2.ClH/c1-10-5-12(18)16(13(19)6-10)22-3-4-23(9-22)17-14(20)7-11(2)8-15(17)21;/h5-9H,3-4H2,1-2H3;1H/q+1;/p-1. The van der Waals surface area contributed by atoms with Crippen molar-refractivity contribution in [2.45, 2.75) is 13.8 Å². The molecule has 2 aromatic carbocycles. The van der Waals surface area contributed by atoms with Gasteiger partial charge in [0.25, 0.3) is 0 Å². The average Bonchev–Trinajstić information content (AvgIpc) is 2.85. The molecule has 7 heteroatoms. The number of hydrogen-bond acceptors (Lipinski definition) is 1. The van der Waals surface area contributed by atoms with Crippen LogP contribution in [0, 0.1) is 13.8 Å². The Balaban J connectivity index is 0.00000208. The monoisotopic (exact) mass is 598 g/mol. The molecule has 0 atom stereocenters. The van der Waals surface area contributed by atoms with Gasteiger partial charge in [0.15, 0.2) is 11.4 Å². The summed E-state index contributed by atoms with van der Waals surface area (Å²) >= 11 is 14.8. The Morgan fingerprint density at radius 1 is 0.833 bits per heavy atom. The molecule has 1 aliphatic heterocycles. The van der Waals surface area contributed by atoms with E-state index in [-0.39, 0.29) is 12.4 Å². The van der Waals surface area contributed by atoms with Crippen LogP contribution in [0.1, 0.15) is 11.1 Å². The molecule has 0 radical (unpaired) electrons. The summed E-state index contributed by atoms with van der Waals surface area (Å²) in [6.07, 6.45) is 2.17. The molecule has 2 nitrogen and oxygen atoms in total. The van der Waals surface area contributed by atoms with Crippen LogP contribution in [-0.2, 0) is 0 Å². The molecule has 1 aliphatic rings. The summed E-state index contributed by atoms with van der Waals surface area (Å²) in [7, 11) is 0. The van der Waals surface area contributed by atoms with Crippen molar-refractivity contribution in [3.05, 3.63) is 53.3 Å². The zero-order valence-corrected chi connectivity index (χ0v) is 20.2. The lowest BCUT2D eigenvalue weighted by Crippen LogP contribution is -3.00. The first-order chi connectivity index (χ1) is 10.9. The van der Waals surface area contributed by atoms with E-state index < -0.39 is 0 Å².